The maximum absolute atomic E-state index is 14.5. The summed E-state index contributed by atoms with van der Waals surface area (Å²) in [7, 11) is 0. The minimum atomic E-state index is -0.227. The third-order valence-electron chi connectivity index (χ3n) is 13.0. The number of nitrogens with zero attached hydrogens (tertiary/aromatic N) is 2. The molecule has 2 aliphatic rings. The Morgan fingerprint density at radius 2 is 1.04 bits per heavy atom. The molecule has 12 rings (SSSR count). The Hall–Kier alpha value is -6.13. The fourth-order valence-corrected chi connectivity index (χ4v) is 10.2. The zero-order chi connectivity index (χ0) is 38.0. The van der Waals surface area contributed by atoms with Gasteiger partial charge in [0.05, 0.1) is 11.0 Å². The van der Waals surface area contributed by atoms with Crippen LogP contribution in [0.4, 0.5) is 4.39 Å². The molecule has 56 heavy (non-hydrogen) atoms. The summed E-state index contributed by atoms with van der Waals surface area (Å²) in [6, 6.07) is 48.9. The summed E-state index contributed by atoms with van der Waals surface area (Å²) in [6.45, 7) is 13.9. The van der Waals surface area contributed by atoms with Gasteiger partial charge in [-0.1, -0.05) is 114 Å². The number of fused-ring (bicyclic) bond motifs is 13. The van der Waals surface area contributed by atoms with Crippen molar-refractivity contribution in [2.24, 2.45) is 0 Å². The molecular weight excluding hydrogens is 682 g/mol. The standard InChI is InChI=1S/C52H40BFN2/c1-51(2,3)34-17-20-43-39(26-34)41-27-35(52(4,5)6)28-42-49(41)55(43)45-24-33(29-15-18-36(54)19-16-29)25-46-48(45)53(42)47-37-14-10-9-13-32(37)22-40-38-21-30-11-7-8-12-31(30)23-44(38)56(46)50(40)47/h7-28H,1-6H3. The summed E-state index contributed by atoms with van der Waals surface area (Å²) < 4.78 is 19.6. The summed E-state index contributed by atoms with van der Waals surface area (Å²) >= 11 is 0. The molecule has 2 aliphatic heterocycles. The molecule has 0 saturated heterocycles. The third-order valence-corrected chi connectivity index (χ3v) is 13.0. The first kappa shape index (κ1) is 32.1. The Morgan fingerprint density at radius 3 is 1.75 bits per heavy atom. The second-order valence-corrected chi connectivity index (χ2v) is 18.4. The molecule has 0 saturated carbocycles. The SMILES string of the molecule is CC(C)(C)c1ccc2c(c1)c1cc(C(C)(C)C)cc3c1n2-c1cc(-c2ccc(F)cc2)cc2c1B3c1c3ccccc3cc3c4cc5ccccc5cc4n-2c13. The lowest BCUT2D eigenvalue weighted by atomic mass is 9.33. The van der Waals surface area contributed by atoms with Crippen LogP contribution in [-0.2, 0) is 10.8 Å². The van der Waals surface area contributed by atoms with E-state index in [1.165, 1.54) is 104 Å². The molecule has 8 aromatic carbocycles. The Labute approximate surface area is 325 Å². The monoisotopic (exact) mass is 722 g/mol. The average molecular weight is 723 g/mol. The summed E-state index contributed by atoms with van der Waals surface area (Å²) in [5, 5.41) is 10.2. The van der Waals surface area contributed by atoms with Crippen LogP contribution in [0.15, 0.2) is 133 Å². The van der Waals surface area contributed by atoms with Crippen LogP contribution in [0.25, 0.3) is 87.7 Å². The summed E-state index contributed by atoms with van der Waals surface area (Å²) in [5.74, 6) is -0.227. The van der Waals surface area contributed by atoms with E-state index >= 15 is 0 Å². The van der Waals surface area contributed by atoms with Crippen molar-refractivity contribution in [2.45, 2.75) is 52.4 Å². The molecule has 2 nitrogen and oxygen atoms in total. The van der Waals surface area contributed by atoms with E-state index in [0.29, 0.717) is 0 Å². The van der Waals surface area contributed by atoms with E-state index in [2.05, 4.69) is 160 Å². The van der Waals surface area contributed by atoms with Gasteiger partial charge in [0, 0.05) is 44.0 Å². The number of benzene rings is 8. The molecule has 0 spiro atoms. The minimum Gasteiger partial charge on any atom is -0.310 e. The van der Waals surface area contributed by atoms with E-state index in [4.69, 9.17) is 0 Å². The van der Waals surface area contributed by atoms with E-state index in [1.807, 2.05) is 12.1 Å². The zero-order valence-corrected chi connectivity index (χ0v) is 32.6. The molecule has 0 unspecified atom stereocenters. The summed E-state index contributed by atoms with van der Waals surface area (Å²) in [6.07, 6.45) is 0. The van der Waals surface area contributed by atoms with Crippen LogP contribution in [0.5, 0.6) is 0 Å². The maximum Gasteiger partial charge on any atom is 0.253 e. The fourth-order valence-electron chi connectivity index (χ4n) is 10.2. The minimum absolute atomic E-state index is 0.00284. The van der Waals surface area contributed by atoms with Crippen molar-refractivity contribution in [1.82, 2.24) is 9.13 Å². The molecule has 0 bridgehead atoms. The second-order valence-electron chi connectivity index (χ2n) is 18.4. The molecule has 0 aliphatic carbocycles. The van der Waals surface area contributed by atoms with Crippen molar-refractivity contribution in [3.05, 3.63) is 150 Å². The van der Waals surface area contributed by atoms with Crippen molar-refractivity contribution < 1.29 is 4.39 Å². The summed E-state index contributed by atoms with van der Waals surface area (Å²) in [5.41, 5.74) is 16.1. The molecule has 4 heteroatoms. The quantitative estimate of drug-likeness (QED) is 0.149. The van der Waals surface area contributed by atoms with Gasteiger partial charge in [-0.15, -0.1) is 0 Å². The molecule has 10 aromatic rings. The van der Waals surface area contributed by atoms with E-state index in [0.717, 1.165) is 11.1 Å². The van der Waals surface area contributed by atoms with Gasteiger partial charge in [-0.25, -0.2) is 4.39 Å². The van der Waals surface area contributed by atoms with Crippen LogP contribution >= 0.6 is 0 Å². The highest BCUT2D eigenvalue weighted by molar-refractivity contribution is 7.01. The topological polar surface area (TPSA) is 9.86 Å². The molecule has 0 fully saturated rings. The van der Waals surface area contributed by atoms with E-state index in [-0.39, 0.29) is 23.4 Å². The smallest absolute Gasteiger partial charge is 0.253 e. The van der Waals surface area contributed by atoms with Crippen molar-refractivity contribution in [3.63, 3.8) is 0 Å². The zero-order valence-electron chi connectivity index (χ0n) is 32.6. The van der Waals surface area contributed by atoms with Gasteiger partial charge in [0.25, 0.3) is 6.71 Å². The number of halogens is 1. The van der Waals surface area contributed by atoms with Crippen LogP contribution in [0.3, 0.4) is 0 Å². The van der Waals surface area contributed by atoms with Crippen molar-refractivity contribution >= 4 is 88.3 Å². The Morgan fingerprint density at radius 1 is 0.446 bits per heavy atom. The Kier molecular flexibility index (Phi) is 6.08. The number of hydrogen-bond acceptors (Lipinski definition) is 0. The molecule has 0 amide bonds. The molecule has 268 valence electrons. The van der Waals surface area contributed by atoms with Gasteiger partial charge in [-0.3, -0.25) is 0 Å². The molecule has 0 N–H and O–H groups in total. The first-order valence-corrected chi connectivity index (χ1v) is 19.9. The largest absolute Gasteiger partial charge is 0.310 e. The lowest BCUT2D eigenvalue weighted by molar-refractivity contribution is 0.590. The number of rotatable bonds is 1. The van der Waals surface area contributed by atoms with Crippen LogP contribution in [-0.4, -0.2) is 15.8 Å². The first-order valence-electron chi connectivity index (χ1n) is 19.9. The van der Waals surface area contributed by atoms with Crippen molar-refractivity contribution in [2.75, 3.05) is 0 Å². The molecule has 0 radical (unpaired) electrons. The van der Waals surface area contributed by atoms with Crippen LogP contribution in [0.2, 0.25) is 0 Å². The highest BCUT2D eigenvalue weighted by atomic mass is 19.1. The third kappa shape index (κ3) is 4.17. The summed E-state index contributed by atoms with van der Waals surface area (Å²) in [4.78, 5) is 0. The Balaban J connectivity index is 1.35. The first-order chi connectivity index (χ1) is 26.9. The average Bonchev–Trinajstić information content (AvgIpc) is 3.68. The van der Waals surface area contributed by atoms with Gasteiger partial charge >= 0.3 is 0 Å². The van der Waals surface area contributed by atoms with Crippen LogP contribution in [0.1, 0.15) is 52.7 Å². The highest BCUT2D eigenvalue weighted by Gasteiger charge is 2.43. The number of hydrogen-bond donors (Lipinski definition) is 0. The molecule has 2 aromatic heterocycles. The highest BCUT2D eigenvalue weighted by Crippen LogP contribution is 2.44. The maximum atomic E-state index is 14.5. The molecular formula is C52H40BFN2. The van der Waals surface area contributed by atoms with Crippen LogP contribution in [0, 0.1) is 5.82 Å². The lowest BCUT2D eigenvalue weighted by Crippen LogP contribution is -2.59. The van der Waals surface area contributed by atoms with Crippen molar-refractivity contribution in [1.29, 1.82) is 0 Å². The van der Waals surface area contributed by atoms with E-state index in [9.17, 15) is 4.39 Å². The molecule has 4 heterocycles. The van der Waals surface area contributed by atoms with Gasteiger partial charge in [-0.05, 0) is 132 Å². The predicted octanol–water partition coefficient (Wildman–Crippen LogP) is 11.7. The second kappa shape index (κ2) is 10.6. The van der Waals surface area contributed by atoms with Gasteiger partial charge in [0.15, 0.2) is 0 Å². The fraction of sp³-hybridized carbons (Fsp3) is 0.154. The van der Waals surface area contributed by atoms with Gasteiger partial charge < -0.3 is 9.13 Å². The van der Waals surface area contributed by atoms with Gasteiger partial charge in [-0.2, -0.15) is 0 Å². The van der Waals surface area contributed by atoms with Gasteiger partial charge in [0.2, 0.25) is 0 Å². The van der Waals surface area contributed by atoms with Crippen LogP contribution < -0.4 is 16.4 Å². The van der Waals surface area contributed by atoms with Gasteiger partial charge in [0.1, 0.15) is 5.82 Å². The van der Waals surface area contributed by atoms with E-state index < -0.39 is 0 Å². The van der Waals surface area contributed by atoms with E-state index in [1.54, 1.807) is 12.1 Å². The molecule has 0 atom stereocenters. The van der Waals surface area contributed by atoms with Crippen molar-refractivity contribution in [3.8, 4) is 22.5 Å². The number of aromatic nitrogens is 2. The normalized spacial score (nSPS) is 13.6. The Bertz CT molecular complexity index is 3380. The lowest BCUT2D eigenvalue weighted by Gasteiger charge is -2.35. The predicted molar refractivity (Wildman–Crippen MR) is 238 cm³/mol.